The van der Waals surface area contributed by atoms with E-state index in [2.05, 4.69) is 27.2 Å². The van der Waals surface area contributed by atoms with Gasteiger partial charge in [-0.05, 0) is 48.8 Å². The van der Waals surface area contributed by atoms with E-state index in [9.17, 15) is 22.8 Å². The van der Waals surface area contributed by atoms with Gasteiger partial charge < -0.3 is 20.2 Å². The van der Waals surface area contributed by atoms with Gasteiger partial charge in [-0.1, -0.05) is 62.4 Å². The number of carbonyl (C=O) groups excluding carboxylic acids is 2. The van der Waals surface area contributed by atoms with E-state index < -0.39 is 12.1 Å². The number of aliphatic carboxylic acids is 1. The van der Waals surface area contributed by atoms with Gasteiger partial charge in [0.25, 0.3) is 5.91 Å². The van der Waals surface area contributed by atoms with Crippen LogP contribution in [0.2, 0.25) is 0 Å². The third-order valence-electron chi connectivity index (χ3n) is 7.56. The molecule has 10 heteroatoms. The summed E-state index contributed by atoms with van der Waals surface area (Å²) in [4.78, 5) is 39.1. The van der Waals surface area contributed by atoms with Crippen molar-refractivity contribution in [3.8, 4) is 0 Å². The zero-order valence-corrected chi connectivity index (χ0v) is 23.4. The summed E-state index contributed by atoms with van der Waals surface area (Å²) >= 11 is 0. The summed E-state index contributed by atoms with van der Waals surface area (Å²) in [6.45, 7) is 12.6. The van der Waals surface area contributed by atoms with Gasteiger partial charge >= 0.3 is 12.1 Å². The van der Waals surface area contributed by atoms with E-state index in [0.717, 1.165) is 61.4 Å². The normalized spacial score (nSPS) is 19.6. The maximum atomic E-state index is 13.2. The molecule has 7 nitrogen and oxygen atoms in total. The molecular formula is C30H38F3N3O4. The number of nitrogens with one attached hydrogen (secondary N) is 1. The molecule has 2 aliphatic rings. The van der Waals surface area contributed by atoms with Crippen LogP contribution in [0.15, 0.2) is 48.5 Å². The van der Waals surface area contributed by atoms with Crippen molar-refractivity contribution in [2.24, 2.45) is 17.8 Å². The Hall–Kier alpha value is -3.40. The van der Waals surface area contributed by atoms with Gasteiger partial charge in [0.2, 0.25) is 5.91 Å². The summed E-state index contributed by atoms with van der Waals surface area (Å²) in [6.07, 6.45) is -4.19. The minimum absolute atomic E-state index is 0.0252. The van der Waals surface area contributed by atoms with Crippen molar-refractivity contribution in [2.75, 3.05) is 32.7 Å². The summed E-state index contributed by atoms with van der Waals surface area (Å²) in [7, 11) is 0. The number of fused-ring (bicyclic) bond motifs is 1. The molecule has 0 saturated carbocycles. The molecule has 2 saturated heterocycles. The van der Waals surface area contributed by atoms with Gasteiger partial charge in [-0.2, -0.15) is 13.2 Å². The smallest absolute Gasteiger partial charge is 0.475 e. The van der Waals surface area contributed by atoms with Crippen LogP contribution >= 0.6 is 0 Å². The van der Waals surface area contributed by atoms with Gasteiger partial charge in [0.1, 0.15) is 0 Å². The highest BCUT2D eigenvalue weighted by Gasteiger charge is 2.42. The largest absolute Gasteiger partial charge is 0.490 e. The molecule has 2 heterocycles. The van der Waals surface area contributed by atoms with E-state index >= 15 is 0 Å². The highest BCUT2D eigenvalue weighted by molar-refractivity contribution is 5.97. The molecule has 2 aromatic carbocycles. The number of carboxylic acids is 1. The van der Waals surface area contributed by atoms with E-state index in [1.807, 2.05) is 64.1 Å². The maximum absolute atomic E-state index is 13.2. The molecule has 0 aliphatic carbocycles. The first-order chi connectivity index (χ1) is 18.8. The highest BCUT2D eigenvalue weighted by Crippen LogP contribution is 2.33. The lowest BCUT2D eigenvalue weighted by Crippen LogP contribution is -2.36. The van der Waals surface area contributed by atoms with E-state index in [1.54, 1.807) is 0 Å². The first-order valence-corrected chi connectivity index (χ1v) is 13.5. The summed E-state index contributed by atoms with van der Waals surface area (Å²) in [5.74, 6) is -1.41. The third kappa shape index (κ3) is 8.06. The number of hydrogen-bond acceptors (Lipinski definition) is 4. The van der Waals surface area contributed by atoms with Crippen LogP contribution in [-0.2, 0) is 9.59 Å². The van der Waals surface area contributed by atoms with Gasteiger partial charge in [0.15, 0.2) is 0 Å². The van der Waals surface area contributed by atoms with E-state index in [0.29, 0.717) is 11.8 Å². The Morgan fingerprint density at radius 2 is 1.45 bits per heavy atom. The van der Waals surface area contributed by atoms with Gasteiger partial charge in [-0.25, -0.2) is 4.79 Å². The minimum Gasteiger partial charge on any atom is -0.475 e. The van der Waals surface area contributed by atoms with Gasteiger partial charge in [0.05, 0.1) is 6.04 Å². The standard InChI is InChI=1S/C28H37N3O2.C2HF3O2/c1-19(2)27(32)29-25(22-11-6-5-7-12-22)13-14-30-15-23-17-31(18-24(23)16-30)28(33)26-20(3)9-8-10-21(26)4;3-2(4,5)1(6)7/h5-12,19,23-25H,13-18H2,1-4H3,(H,29,32);(H,6,7)/t23?,24?,25-;/m0./s1. The fourth-order valence-electron chi connectivity index (χ4n) is 5.41. The van der Waals surface area contributed by atoms with Crippen LogP contribution in [0, 0.1) is 31.6 Å². The molecule has 0 bridgehead atoms. The quantitative estimate of drug-likeness (QED) is 0.505. The molecule has 4 rings (SSSR count). The Labute approximate surface area is 233 Å². The lowest BCUT2D eigenvalue weighted by atomic mass is 10.0. The maximum Gasteiger partial charge on any atom is 0.490 e. The summed E-state index contributed by atoms with van der Waals surface area (Å²) in [5, 5.41) is 10.4. The molecule has 3 atom stereocenters. The third-order valence-corrected chi connectivity index (χ3v) is 7.56. The van der Waals surface area contributed by atoms with Crippen molar-refractivity contribution in [3.63, 3.8) is 0 Å². The Morgan fingerprint density at radius 1 is 0.925 bits per heavy atom. The van der Waals surface area contributed by atoms with Crippen LogP contribution in [0.5, 0.6) is 0 Å². The van der Waals surface area contributed by atoms with Crippen LogP contribution in [0.4, 0.5) is 13.2 Å². The number of nitrogens with zero attached hydrogens (tertiary/aromatic N) is 2. The average Bonchev–Trinajstić information content (AvgIpc) is 3.45. The summed E-state index contributed by atoms with van der Waals surface area (Å²) in [5.41, 5.74) is 4.17. The van der Waals surface area contributed by atoms with Crippen LogP contribution in [0.25, 0.3) is 0 Å². The molecule has 2 N–H and O–H groups in total. The monoisotopic (exact) mass is 561 g/mol. The Bertz CT molecular complexity index is 1150. The Balaban J connectivity index is 0.000000559. The number of alkyl halides is 3. The van der Waals surface area contributed by atoms with E-state index in [1.165, 1.54) is 0 Å². The number of likely N-dealkylation sites (tertiary alicyclic amines) is 2. The number of halogens is 3. The van der Waals surface area contributed by atoms with Crippen molar-refractivity contribution in [1.29, 1.82) is 0 Å². The van der Waals surface area contributed by atoms with Gasteiger partial charge in [-0.3, -0.25) is 9.59 Å². The summed E-state index contributed by atoms with van der Waals surface area (Å²) < 4.78 is 31.7. The lowest BCUT2D eigenvalue weighted by molar-refractivity contribution is -0.192. The zero-order chi connectivity index (χ0) is 29.6. The zero-order valence-electron chi connectivity index (χ0n) is 23.4. The van der Waals surface area contributed by atoms with Crippen molar-refractivity contribution in [3.05, 3.63) is 70.8 Å². The topological polar surface area (TPSA) is 90.0 Å². The molecule has 0 spiro atoms. The number of rotatable bonds is 7. The molecule has 2 unspecified atom stereocenters. The minimum atomic E-state index is -5.08. The molecule has 2 amide bonds. The fourth-order valence-corrected chi connectivity index (χ4v) is 5.41. The average molecular weight is 562 g/mol. The second kappa shape index (κ2) is 13.3. The number of hydrogen-bond donors (Lipinski definition) is 2. The van der Waals surface area contributed by atoms with Crippen molar-refractivity contribution in [1.82, 2.24) is 15.1 Å². The van der Waals surface area contributed by atoms with Crippen molar-refractivity contribution in [2.45, 2.75) is 46.3 Å². The van der Waals surface area contributed by atoms with Crippen LogP contribution in [0.1, 0.15) is 53.4 Å². The predicted molar refractivity (Wildman–Crippen MR) is 146 cm³/mol. The second-order valence-electron chi connectivity index (χ2n) is 11.0. The molecule has 40 heavy (non-hydrogen) atoms. The molecule has 218 valence electrons. The van der Waals surface area contributed by atoms with E-state index in [-0.39, 0.29) is 23.8 Å². The van der Waals surface area contributed by atoms with Crippen LogP contribution < -0.4 is 5.32 Å². The molecule has 0 aromatic heterocycles. The van der Waals surface area contributed by atoms with Crippen molar-refractivity contribution >= 4 is 17.8 Å². The predicted octanol–water partition coefficient (Wildman–Crippen LogP) is 4.84. The molecule has 2 fully saturated rings. The summed E-state index contributed by atoms with van der Waals surface area (Å²) in [6, 6.07) is 16.4. The molecule has 0 radical (unpaired) electrons. The highest BCUT2D eigenvalue weighted by atomic mass is 19.4. The first-order valence-electron chi connectivity index (χ1n) is 13.5. The van der Waals surface area contributed by atoms with Crippen LogP contribution in [0.3, 0.4) is 0 Å². The number of carbonyl (C=O) groups is 3. The molecule has 2 aromatic rings. The van der Waals surface area contributed by atoms with Gasteiger partial charge in [0, 0.05) is 44.2 Å². The first kappa shape index (κ1) is 31.1. The Kier molecular flexibility index (Phi) is 10.4. The molecule has 2 aliphatic heterocycles. The number of carboxylic acid groups (broad SMARTS) is 1. The van der Waals surface area contributed by atoms with Crippen LogP contribution in [-0.4, -0.2) is 71.6 Å². The SMILES string of the molecule is Cc1cccc(C)c1C(=O)N1CC2CN(CC[C@H](NC(=O)C(C)C)c3ccccc3)CC2C1.O=C(O)C(F)(F)F. The number of aryl methyl sites for hydroxylation is 2. The second-order valence-corrected chi connectivity index (χ2v) is 11.0. The fraction of sp³-hybridized carbons (Fsp3) is 0.500. The Morgan fingerprint density at radius 3 is 1.93 bits per heavy atom. The molecular weight excluding hydrogens is 523 g/mol. The van der Waals surface area contributed by atoms with Crippen molar-refractivity contribution < 1.29 is 32.7 Å². The number of amides is 2. The van der Waals surface area contributed by atoms with E-state index in [4.69, 9.17) is 9.90 Å². The lowest BCUT2D eigenvalue weighted by Gasteiger charge is -2.25. The number of benzene rings is 2. The van der Waals surface area contributed by atoms with Gasteiger partial charge in [-0.15, -0.1) is 0 Å².